The summed E-state index contributed by atoms with van der Waals surface area (Å²) in [6.07, 6.45) is 3.57. The molecule has 0 fully saturated rings. The quantitative estimate of drug-likeness (QED) is 0.840. The number of pyridine rings is 1. The van der Waals surface area contributed by atoms with Crippen molar-refractivity contribution in [1.29, 1.82) is 0 Å². The molecule has 21 heavy (non-hydrogen) atoms. The van der Waals surface area contributed by atoms with Crippen LogP contribution in [0.4, 0.5) is 10.5 Å². The molecule has 114 valence electrons. The van der Waals surface area contributed by atoms with Gasteiger partial charge in [0.25, 0.3) is 0 Å². The second kappa shape index (κ2) is 7.53. The van der Waals surface area contributed by atoms with Gasteiger partial charge in [0.05, 0.1) is 11.9 Å². The largest absolute Gasteiger partial charge is 0.444 e. The summed E-state index contributed by atoms with van der Waals surface area (Å²) in [5.74, 6) is 6.06. The van der Waals surface area contributed by atoms with Gasteiger partial charge in [0, 0.05) is 31.3 Å². The van der Waals surface area contributed by atoms with E-state index in [1.54, 1.807) is 12.4 Å². The second-order valence-electron chi connectivity index (χ2n) is 5.77. The predicted octanol–water partition coefficient (Wildman–Crippen LogP) is 2.78. The van der Waals surface area contributed by atoms with E-state index < -0.39 is 11.7 Å². The minimum absolute atomic E-state index is 0.0761. The number of carbonyl (C=O) groups is 1. The Kier molecular flexibility index (Phi) is 6.04. The van der Waals surface area contributed by atoms with E-state index in [1.165, 1.54) is 0 Å². The first kappa shape index (κ1) is 16.8. The smallest absolute Gasteiger partial charge is 0.407 e. The molecule has 0 spiro atoms. The van der Waals surface area contributed by atoms with Crippen molar-refractivity contribution in [3.05, 3.63) is 24.0 Å². The van der Waals surface area contributed by atoms with Crippen molar-refractivity contribution >= 4 is 11.8 Å². The van der Waals surface area contributed by atoms with Gasteiger partial charge in [0.15, 0.2) is 0 Å². The van der Waals surface area contributed by atoms with Crippen molar-refractivity contribution in [3.63, 3.8) is 0 Å². The fourth-order valence-corrected chi connectivity index (χ4v) is 1.51. The Morgan fingerprint density at radius 2 is 2.14 bits per heavy atom. The summed E-state index contributed by atoms with van der Waals surface area (Å²) in [6, 6.07) is 1.85. The summed E-state index contributed by atoms with van der Waals surface area (Å²) in [6.45, 7) is 7.39. The van der Waals surface area contributed by atoms with Gasteiger partial charge in [-0.1, -0.05) is 11.8 Å². The van der Waals surface area contributed by atoms with Crippen molar-refractivity contribution in [2.24, 2.45) is 0 Å². The molecule has 0 aromatic carbocycles. The van der Waals surface area contributed by atoms with Crippen LogP contribution in [0, 0.1) is 11.8 Å². The van der Waals surface area contributed by atoms with E-state index in [0.717, 1.165) is 11.3 Å². The number of nitrogens with zero attached hydrogens (tertiary/aromatic N) is 1. The zero-order valence-corrected chi connectivity index (χ0v) is 13.3. The van der Waals surface area contributed by atoms with Crippen molar-refractivity contribution in [3.8, 4) is 11.8 Å². The highest BCUT2D eigenvalue weighted by Gasteiger charge is 2.17. The van der Waals surface area contributed by atoms with Crippen LogP contribution < -0.4 is 10.6 Å². The minimum atomic E-state index is -0.491. The lowest BCUT2D eigenvalue weighted by Gasteiger charge is -2.21. The molecule has 1 aromatic rings. The Morgan fingerprint density at radius 3 is 2.76 bits per heavy atom. The van der Waals surface area contributed by atoms with Crippen LogP contribution in [-0.2, 0) is 4.74 Å². The predicted molar refractivity (Wildman–Crippen MR) is 84.1 cm³/mol. The van der Waals surface area contributed by atoms with Crippen LogP contribution in [0.3, 0.4) is 0 Å². The molecule has 2 N–H and O–H groups in total. The summed E-state index contributed by atoms with van der Waals surface area (Å²) in [4.78, 5) is 15.7. The number of ether oxygens (including phenoxy) is 1. The first-order valence-electron chi connectivity index (χ1n) is 6.91. The van der Waals surface area contributed by atoms with Crippen molar-refractivity contribution in [2.45, 2.75) is 45.8 Å². The first-order valence-corrected chi connectivity index (χ1v) is 6.91. The normalized spacial score (nSPS) is 11.9. The molecule has 1 atom stereocenters. The number of hydrogen-bond acceptors (Lipinski definition) is 4. The van der Waals surface area contributed by atoms with Crippen LogP contribution >= 0.6 is 0 Å². The van der Waals surface area contributed by atoms with Crippen molar-refractivity contribution in [2.75, 3.05) is 12.4 Å². The monoisotopic (exact) mass is 289 g/mol. The SMILES string of the molecule is CNc1cncc(C#CC[C@H](C)NC(=O)OC(C)(C)C)c1. The molecule has 0 bridgehead atoms. The van der Waals surface area contributed by atoms with Gasteiger partial charge < -0.3 is 15.4 Å². The lowest BCUT2D eigenvalue weighted by molar-refractivity contribution is 0.0509. The molecule has 0 unspecified atom stereocenters. The molecule has 0 saturated carbocycles. The number of aromatic nitrogens is 1. The Hall–Kier alpha value is -2.22. The fraction of sp³-hybridized carbons (Fsp3) is 0.500. The molecule has 1 heterocycles. The Morgan fingerprint density at radius 1 is 1.43 bits per heavy atom. The van der Waals surface area contributed by atoms with E-state index in [2.05, 4.69) is 27.5 Å². The number of rotatable bonds is 3. The average Bonchev–Trinajstić information content (AvgIpc) is 2.36. The third-order valence-corrected chi connectivity index (χ3v) is 2.43. The first-order chi connectivity index (χ1) is 9.80. The van der Waals surface area contributed by atoms with Crippen LogP contribution in [0.2, 0.25) is 0 Å². The van der Waals surface area contributed by atoms with Gasteiger partial charge in [-0.15, -0.1) is 0 Å². The standard InChI is InChI=1S/C16H23N3O2/c1-12(19-15(20)21-16(2,3)4)7-6-8-13-9-14(17-5)11-18-10-13/h9-12,17H,7H2,1-5H3,(H,19,20)/t12-/m0/s1. The lowest BCUT2D eigenvalue weighted by Crippen LogP contribution is -2.37. The van der Waals surface area contributed by atoms with Crippen molar-refractivity contribution in [1.82, 2.24) is 10.3 Å². The molecule has 0 aliphatic rings. The van der Waals surface area contributed by atoms with E-state index in [9.17, 15) is 4.79 Å². The zero-order valence-electron chi connectivity index (χ0n) is 13.3. The highest BCUT2D eigenvalue weighted by Crippen LogP contribution is 2.07. The Labute approximate surface area is 126 Å². The highest BCUT2D eigenvalue weighted by molar-refractivity contribution is 5.68. The summed E-state index contributed by atoms with van der Waals surface area (Å²) < 4.78 is 5.19. The Bertz CT molecular complexity index is 538. The van der Waals surface area contributed by atoms with Crippen LogP contribution in [0.25, 0.3) is 0 Å². The molecule has 5 heteroatoms. The van der Waals surface area contributed by atoms with E-state index in [0.29, 0.717) is 6.42 Å². The molecule has 0 saturated heterocycles. The van der Waals surface area contributed by atoms with Gasteiger partial charge >= 0.3 is 6.09 Å². The maximum absolute atomic E-state index is 11.6. The molecule has 1 aromatic heterocycles. The average molecular weight is 289 g/mol. The van der Waals surface area contributed by atoms with Crippen LogP contribution in [0.15, 0.2) is 18.5 Å². The van der Waals surface area contributed by atoms with Gasteiger partial charge in [-0.2, -0.15) is 0 Å². The summed E-state index contributed by atoms with van der Waals surface area (Å²) in [5.41, 5.74) is 1.27. The summed E-state index contributed by atoms with van der Waals surface area (Å²) in [7, 11) is 1.83. The van der Waals surface area contributed by atoms with Crippen LogP contribution in [0.1, 0.15) is 39.7 Å². The molecular formula is C16H23N3O2. The zero-order chi connectivity index (χ0) is 15.9. The van der Waals surface area contributed by atoms with E-state index in [4.69, 9.17) is 4.74 Å². The summed E-state index contributed by atoms with van der Waals surface area (Å²) >= 11 is 0. The number of nitrogens with one attached hydrogen (secondary N) is 2. The molecule has 0 aliphatic heterocycles. The fourth-order valence-electron chi connectivity index (χ4n) is 1.51. The number of amides is 1. The van der Waals surface area contributed by atoms with Crippen LogP contribution in [-0.4, -0.2) is 29.8 Å². The molecule has 0 aliphatic carbocycles. The molecule has 1 rings (SSSR count). The highest BCUT2D eigenvalue weighted by atomic mass is 16.6. The number of anilines is 1. The maximum atomic E-state index is 11.6. The van der Waals surface area contributed by atoms with Crippen LogP contribution in [0.5, 0.6) is 0 Å². The van der Waals surface area contributed by atoms with Gasteiger partial charge in [-0.3, -0.25) is 4.98 Å². The van der Waals surface area contributed by atoms with Gasteiger partial charge in [0.1, 0.15) is 5.60 Å². The van der Waals surface area contributed by atoms with Gasteiger partial charge in [-0.05, 0) is 33.8 Å². The van der Waals surface area contributed by atoms with Gasteiger partial charge in [-0.25, -0.2) is 4.79 Å². The third kappa shape index (κ3) is 7.21. The number of carbonyl (C=O) groups excluding carboxylic acids is 1. The number of alkyl carbamates (subject to hydrolysis) is 1. The van der Waals surface area contributed by atoms with Crippen molar-refractivity contribution < 1.29 is 9.53 Å². The van der Waals surface area contributed by atoms with E-state index >= 15 is 0 Å². The van der Waals surface area contributed by atoms with E-state index in [1.807, 2.05) is 40.8 Å². The lowest BCUT2D eigenvalue weighted by atomic mass is 10.2. The molecule has 0 radical (unpaired) electrons. The topological polar surface area (TPSA) is 63.2 Å². The Balaban J connectivity index is 2.48. The third-order valence-electron chi connectivity index (χ3n) is 2.43. The molecule has 1 amide bonds. The number of hydrogen-bond donors (Lipinski definition) is 2. The maximum Gasteiger partial charge on any atom is 0.407 e. The molecular weight excluding hydrogens is 266 g/mol. The minimum Gasteiger partial charge on any atom is -0.444 e. The van der Waals surface area contributed by atoms with Gasteiger partial charge in [0.2, 0.25) is 0 Å². The van der Waals surface area contributed by atoms with E-state index in [-0.39, 0.29) is 6.04 Å². The summed E-state index contributed by atoms with van der Waals surface area (Å²) in [5, 5.41) is 5.76. The molecule has 5 nitrogen and oxygen atoms in total. The second-order valence-corrected chi connectivity index (χ2v) is 5.77.